The minimum atomic E-state index is 0.226. The molecule has 0 spiro atoms. The molecule has 1 atom stereocenters. The van der Waals surface area contributed by atoms with Crippen molar-refractivity contribution in [1.82, 2.24) is 9.80 Å². The van der Waals surface area contributed by atoms with E-state index in [0.717, 1.165) is 32.5 Å². The Morgan fingerprint density at radius 2 is 2.06 bits per heavy atom. The van der Waals surface area contributed by atoms with Gasteiger partial charge in [-0.15, -0.1) is 0 Å². The Hall–Kier alpha value is -0.650. The second-order valence-electron chi connectivity index (χ2n) is 4.50. The maximum absolute atomic E-state index is 12.0. The first-order valence-corrected chi connectivity index (χ1v) is 6.11. The average molecular weight is 227 g/mol. The summed E-state index contributed by atoms with van der Waals surface area (Å²) in [4.78, 5) is 16.1. The first-order chi connectivity index (χ1) is 7.81. The van der Waals surface area contributed by atoms with E-state index in [4.69, 9.17) is 10.5 Å². The molecule has 0 aromatic heterocycles. The summed E-state index contributed by atoms with van der Waals surface area (Å²) in [7, 11) is 0. The van der Waals surface area contributed by atoms with Crippen molar-refractivity contribution in [3.63, 3.8) is 0 Å². The van der Waals surface area contributed by atoms with Gasteiger partial charge < -0.3 is 15.4 Å². The zero-order valence-corrected chi connectivity index (χ0v) is 9.73. The number of nitrogens with zero attached hydrogens (tertiary/aromatic N) is 2. The van der Waals surface area contributed by atoms with Gasteiger partial charge in [-0.1, -0.05) is 0 Å². The number of ether oxygens (including phenoxy) is 1. The fraction of sp³-hybridized carbons (Fsp3) is 0.909. The zero-order chi connectivity index (χ0) is 11.4. The molecular formula is C11H21N3O2. The third-order valence-corrected chi connectivity index (χ3v) is 3.47. The summed E-state index contributed by atoms with van der Waals surface area (Å²) in [5, 5.41) is 0. The molecule has 0 aromatic carbocycles. The number of hydrogen-bond acceptors (Lipinski definition) is 4. The van der Waals surface area contributed by atoms with E-state index in [1.54, 1.807) is 0 Å². The smallest absolute Gasteiger partial charge is 0.236 e. The molecule has 0 radical (unpaired) electrons. The highest BCUT2D eigenvalue weighted by molar-refractivity contribution is 5.78. The van der Waals surface area contributed by atoms with Crippen LogP contribution in [0.15, 0.2) is 0 Å². The topological polar surface area (TPSA) is 58.8 Å². The van der Waals surface area contributed by atoms with E-state index in [-0.39, 0.29) is 5.91 Å². The van der Waals surface area contributed by atoms with Gasteiger partial charge in [-0.25, -0.2) is 0 Å². The van der Waals surface area contributed by atoms with Crippen molar-refractivity contribution >= 4 is 5.91 Å². The van der Waals surface area contributed by atoms with Crippen LogP contribution in [0.2, 0.25) is 0 Å². The van der Waals surface area contributed by atoms with Crippen molar-refractivity contribution in [3.05, 3.63) is 0 Å². The van der Waals surface area contributed by atoms with Crippen LogP contribution in [0.25, 0.3) is 0 Å². The van der Waals surface area contributed by atoms with Crippen LogP contribution in [0.4, 0.5) is 0 Å². The molecule has 2 heterocycles. The van der Waals surface area contributed by atoms with Gasteiger partial charge in [0.05, 0.1) is 19.8 Å². The van der Waals surface area contributed by atoms with Crippen LogP contribution >= 0.6 is 0 Å². The standard InChI is InChI=1S/C11H21N3O2/c12-8-10-2-1-3-14(10)9-11(15)13-4-6-16-7-5-13/h10H,1-9,12H2. The molecule has 5 heteroatoms. The fourth-order valence-corrected chi connectivity index (χ4v) is 2.46. The van der Waals surface area contributed by atoms with Crippen LogP contribution in [0.3, 0.4) is 0 Å². The second kappa shape index (κ2) is 5.61. The predicted octanol–water partition coefficient (Wildman–Crippen LogP) is -0.732. The van der Waals surface area contributed by atoms with Gasteiger partial charge in [-0.3, -0.25) is 9.69 Å². The Morgan fingerprint density at radius 3 is 2.75 bits per heavy atom. The molecule has 0 aromatic rings. The highest BCUT2D eigenvalue weighted by atomic mass is 16.5. The number of nitrogens with two attached hydrogens (primary N) is 1. The fourth-order valence-electron chi connectivity index (χ4n) is 2.46. The van der Waals surface area contributed by atoms with Gasteiger partial charge in [-0.2, -0.15) is 0 Å². The van der Waals surface area contributed by atoms with Crippen LogP contribution in [0, 0.1) is 0 Å². The van der Waals surface area contributed by atoms with Gasteiger partial charge >= 0.3 is 0 Å². The highest BCUT2D eigenvalue weighted by Crippen LogP contribution is 2.16. The lowest BCUT2D eigenvalue weighted by molar-refractivity contribution is -0.136. The molecule has 1 amide bonds. The quantitative estimate of drug-likeness (QED) is 0.690. The largest absolute Gasteiger partial charge is 0.378 e. The van der Waals surface area contributed by atoms with Crippen LogP contribution in [-0.2, 0) is 9.53 Å². The maximum atomic E-state index is 12.0. The van der Waals surface area contributed by atoms with Crippen LogP contribution in [0.1, 0.15) is 12.8 Å². The molecule has 92 valence electrons. The Balaban J connectivity index is 1.81. The van der Waals surface area contributed by atoms with Crippen molar-refractivity contribution in [2.24, 2.45) is 5.73 Å². The molecule has 5 nitrogen and oxygen atoms in total. The minimum absolute atomic E-state index is 0.226. The molecule has 0 saturated carbocycles. The van der Waals surface area contributed by atoms with Gasteiger partial charge in [0, 0.05) is 25.7 Å². The number of carbonyl (C=O) groups excluding carboxylic acids is 1. The first-order valence-electron chi connectivity index (χ1n) is 6.11. The van der Waals surface area contributed by atoms with Crippen molar-refractivity contribution in [1.29, 1.82) is 0 Å². The van der Waals surface area contributed by atoms with Gasteiger partial charge in [0.2, 0.25) is 5.91 Å². The summed E-state index contributed by atoms with van der Waals surface area (Å²) >= 11 is 0. The molecule has 16 heavy (non-hydrogen) atoms. The zero-order valence-electron chi connectivity index (χ0n) is 9.73. The third kappa shape index (κ3) is 2.72. The molecule has 2 N–H and O–H groups in total. The number of rotatable bonds is 3. The first kappa shape index (κ1) is 11.8. The Labute approximate surface area is 96.5 Å². The van der Waals surface area contributed by atoms with Crippen molar-refractivity contribution in [3.8, 4) is 0 Å². The van der Waals surface area contributed by atoms with E-state index < -0.39 is 0 Å². The van der Waals surface area contributed by atoms with E-state index in [0.29, 0.717) is 32.3 Å². The van der Waals surface area contributed by atoms with Gasteiger partial charge in [-0.05, 0) is 19.4 Å². The molecule has 2 saturated heterocycles. The number of hydrogen-bond donors (Lipinski definition) is 1. The molecule has 2 aliphatic heterocycles. The number of carbonyl (C=O) groups is 1. The van der Waals surface area contributed by atoms with Gasteiger partial charge in [0.1, 0.15) is 0 Å². The summed E-state index contributed by atoms with van der Waals surface area (Å²) in [5.74, 6) is 0.226. The maximum Gasteiger partial charge on any atom is 0.236 e. The molecule has 2 aliphatic rings. The second-order valence-corrected chi connectivity index (χ2v) is 4.50. The minimum Gasteiger partial charge on any atom is -0.378 e. The lowest BCUT2D eigenvalue weighted by atomic mass is 10.2. The SMILES string of the molecule is NCC1CCCN1CC(=O)N1CCOCC1. The van der Waals surface area contributed by atoms with Crippen molar-refractivity contribution in [2.45, 2.75) is 18.9 Å². The highest BCUT2D eigenvalue weighted by Gasteiger charge is 2.27. The normalized spacial score (nSPS) is 27.3. The van der Waals surface area contributed by atoms with E-state index in [1.165, 1.54) is 0 Å². The van der Waals surface area contributed by atoms with Crippen LogP contribution < -0.4 is 5.73 Å². The Kier molecular flexibility index (Phi) is 4.15. The van der Waals surface area contributed by atoms with Crippen LogP contribution in [-0.4, -0.2) is 67.7 Å². The molecule has 0 aliphatic carbocycles. The summed E-state index contributed by atoms with van der Waals surface area (Å²) in [6, 6.07) is 0.407. The molecule has 2 fully saturated rings. The van der Waals surface area contributed by atoms with Crippen molar-refractivity contribution in [2.75, 3.05) is 45.9 Å². The Morgan fingerprint density at radius 1 is 1.31 bits per heavy atom. The monoisotopic (exact) mass is 227 g/mol. The number of likely N-dealkylation sites (tertiary alicyclic amines) is 1. The van der Waals surface area contributed by atoms with Crippen LogP contribution in [0.5, 0.6) is 0 Å². The van der Waals surface area contributed by atoms with E-state index >= 15 is 0 Å². The number of amides is 1. The molecule has 0 bridgehead atoms. The van der Waals surface area contributed by atoms with Gasteiger partial charge in [0.25, 0.3) is 0 Å². The summed E-state index contributed by atoms with van der Waals surface area (Å²) in [5.41, 5.74) is 5.69. The lowest BCUT2D eigenvalue weighted by Gasteiger charge is -2.30. The summed E-state index contributed by atoms with van der Waals surface area (Å²) < 4.78 is 5.23. The lowest BCUT2D eigenvalue weighted by Crippen LogP contribution is -2.47. The summed E-state index contributed by atoms with van der Waals surface area (Å²) in [6.45, 7) is 5.02. The van der Waals surface area contributed by atoms with Gasteiger partial charge in [0.15, 0.2) is 0 Å². The van der Waals surface area contributed by atoms with E-state index in [1.807, 2.05) is 4.90 Å². The molecule has 1 unspecified atom stereocenters. The summed E-state index contributed by atoms with van der Waals surface area (Å²) in [6.07, 6.45) is 2.30. The molecule has 2 rings (SSSR count). The number of morpholine rings is 1. The predicted molar refractivity (Wildman–Crippen MR) is 61.0 cm³/mol. The van der Waals surface area contributed by atoms with E-state index in [2.05, 4.69) is 4.90 Å². The average Bonchev–Trinajstić information content (AvgIpc) is 2.77. The third-order valence-electron chi connectivity index (χ3n) is 3.47. The molecular weight excluding hydrogens is 206 g/mol. The van der Waals surface area contributed by atoms with E-state index in [9.17, 15) is 4.79 Å². The van der Waals surface area contributed by atoms with Crippen molar-refractivity contribution < 1.29 is 9.53 Å². The Bertz CT molecular complexity index is 241.